The van der Waals surface area contributed by atoms with Crippen LogP contribution in [-0.2, 0) is 13.0 Å². The van der Waals surface area contributed by atoms with Crippen molar-refractivity contribution < 1.29 is 0 Å². The van der Waals surface area contributed by atoms with Crippen LogP contribution in [0.25, 0.3) is 0 Å². The Labute approximate surface area is 97.1 Å². The van der Waals surface area contributed by atoms with E-state index in [4.69, 9.17) is 12.2 Å². The molecule has 1 aromatic heterocycles. The lowest BCUT2D eigenvalue weighted by Crippen LogP contribution is -2.06. The van der Waals surface area contributed by atoms with Gasteiger partial charge in [0.25, 0.3) is 0 Å². The topological polar surface area (TPSA) is 43.8 Å². The number of nitrogens with two attached hydrogens (primary N) is 1. The second-order valence-corrected chi connectivity index (χ2v) is 4.96. The molecule has 1 aliphatic carbocycles. The molecule has 0 radical (unpaired) electrons. The largest absolute Gasteiger partial charge is 0.384 e. The molecule has 1 saturated carbocycles. The third kappa shape index (κ3) is 2.06. The van der Waals surface area contributed by atoms with Crippen LogP contribution in [0.2, 0.25) is 0 Å². The van der Waals surface area contributed by atoms with Gasteiger partial charge in [0.05, 0.1) is 12.2 Å². The van der Waals surface area contributed by atoms with E-state index in [0.717, 1.165) is 23.8 Å². The third-order valence-corrected chi connectivity index (χ3v) is 2.91. The number of imidazole rings is 1. The van der Waals surface area contributed by atoms with E-state index >= 15 is 0 Å². The number of rotatable bonds is 4. The van der Waals surface area contributed by atoms with E-state index in [9.17, 15) is 0 Å². The monoisotopic (exact) mass is 217 g/mol. The quantitative estimate of drug-likeness (QED) is 0.785. The Kier molecular flexibility index (Phi) is 2.91. The summed E-state index contributed by atoms with van der Waals surface area (Å²) in [4.78, 5) is 4.67. The SMILES string of the molecule is C#CCn1c(C2CC2)nc(CC(C)C)c1N. The highest BCUT2D eigenvalue weighted by Crippen LogP contribution is 2.40. The average Bonchev–Trinajstić information content (AvgIpc) is 3.00. The molecule has 3 nitrogen and oxygen atoms in total. The minimum Gasteiger partial charge on any atom is -0.384 e. The van der Waals surface area contributed by atoms with Crippen LogP contribution < -0.4 is 5.73 Å². The zero-order valence-electron chi connectivity index (χ0n) is 10.0. The van der Waals surface area contributed by atoms with E-state index in [1.54, 1.807) is 0 Å². The lowest BCUT2D eigenvalue weighted by atomic mass is 10.1. The fourth-order valence-electron chi connectivity index (χ4n) is 1.98. The smallest absolute Gasteiger partial charge is 0.127 e. The standard InChI is InChI=1S/C13H19N3/c1-4-7-16-12(14)11(8-9(2)3)15-13(16)10-5-6-10/h1,9-10H,5-8,14H2,2-3H3. The number of hydrogen-bond acceptors (Lipinski definition) is 2. The van der Waals surface area contributed by atoms with Gasteiger partial charge in [0.15, 0.2) is 0 Å². The van der Waals surface area contributed by atoms with Crippen LogP contribution >= 0.6 is 0 Å². The number of terminal acetylenes is 1. The number of nitrogens with zero attached hydrogens (tertiary/aromatic N) is 2. The van der Waals surface area contributed by atoms with Crippen molar-refractivity contribution in [2.24, 2.45) is 5.92 Å². The molecule has 1 aromatic rings. The van der Waals surface area contributed by atoms with Gasteiger partial charge in [-0.15, -0.1) is 6.42 Å². The second-order valence-electron chi connectivity index (χ2n) is 4.96. The molecule has 16 heavy (non-hydrogen) atoms. The van der Waals surface area contributed by atoms with Crippen molar-refractivity contribution >= 4 is 5.82 Å². The van der Waals surface area contributed by atoms with E-state index < -0.39 is 0 Å². The Morgan fingerprint density at radius 2 is 2.25 bits per heavy atom. The zero-order valence-corrected chi connectivity index (χ0v) is 10.0. The molecule has 0 atom stereocenters. The van der Waals surface area contributed by atoms with Crippen LogP contribution in [0.3, 0.4) is 0 Å². The minimum absolute atomic E-state index is 0.544. The second kappa shape index (κ2) is 4.21. The first kappa shape index (κ1) is 11.1. The highest BCUT2D eigenvalue weighted by molar-refractivity contribution is 5.40. The van der Waals surface area contributed by atoms with E-state index in [1.807, 2.05) is 4.57 Å². The Bertz CT molecular complexity index is 419. The molecule has 86 valence electrons. The Balaban J connectivity index is 2.33. The fourth-order valence-corrected chi connectivity index (χ4v) is 1.98. The first-order valence-corrected chi connectivity index (χ1v) is 5.91. The Morgan fingerprint density at radius 3 is 2.75 bits per heavy atom. The molecule has 1 aliphatic rings. The number of anilines is 1. The first-order chi connectivity index (χ1) is 7.63. The fraction of sp³-hybridized carbons (Fsp3) is 0.615. The average molecular weight is 217 g/mol. The van der Waals surface area contributed by atoms with Crippen molar-refractivity contribution in [1.82, 2.24) is 9.55 Å². The zero-order chi connectivity index (χ0) is 11.7. The van der Waals surface area contributed by atoms with E-state index in [0.29, 0.717) is 18.4 Å². The predicted molar refractivity (Wildman–Crippen MR) is 66.0 cm³/mol. The van der Waals surface area contributed by atoms with Crippen LogP contribution in [0.4, 0.5) is 5.82 Å². The van der Waals surface area contributed by atoms with Gasteiger partial charge in [-0.3, -0.25) is 0 Å². The van der Waals surface area contributed by atoms with Gasteiger partial charge < -0.3 is 10.3 Å². The molecule has 1 fully saturated rings. The maximum atomic E-state index is 6.11. The van der Waals surface area contributed by atoms with E-state index in [1.165, 1.54) is 12.8 Å². The van der Waals surface area contributed by atoms with Gasteiger partial charge >= 0.3 is 0 Å². The number of nitrogen functional groups attached to an aromatic ring is 1. The van der Waals surface area contributed by atoms with E-state index in [-0.39, 0.29) is 0 Å². The molecule has 1 heterocycles. The molecule has 2 rings (SSSR count). The molecule has 3 heteroatoms. The molecule has 0 saturated heterocycles. The maximum absolute atomic E-state index is 6.11. The molecular formula is C13H19N3. The van der Waals surface area contributed by atoms with Gasteiger partial charge in [0, 0.05) is 5.92 Å². The highest BCUT2D eigenvalue weighted by Gasteiger charge is 2.30. The van der Waals surface area contributed by atoms with Crippen LogP contribution in [0.5, 0.6) is 0 Å². The molecule has 2 N–H and O–H groups in total. The molecule has 0 amide bonds. The van der Waals surface area contributed by atoms with Gasteiger partial charge in [0.1, 0.15) is 11.6 Å². The summed E-state index contributed by atoms with van der Waals surface area (Å²) in [5.74, 6) is 5.70. The molecule has 0 unspecified atom stereocenters. The Hall–Kier alpha value is -1.43. The van der Waals surface area contributed by atoms with Crippen LogP contribution in [-0.4, -0.2) is 9.55 Å². The lowest BCUT2D eigenvalue weighted by Gasteiger charge is -2.05. The summed E-state index contributed by atoms with van der Waals surface area (Å²) in [7, 11) is 0. The van der Waals surface area contributed by atoms with Gasteiger partial charge in [-0.25, -0.2) is 4.98 Å². The van der Waals surface area contributed by atoms with Crippen molar-refractivity contribution in [3.05, 3.63) is 11.5 Å². The van der Waals surface area contributed by atoms with Crippen molar-refractivity contribution in [3.63, 3.8) is 0 Å². The van der Waals surface area contributed by atoms with Gasteiger partial charge in [0.2, 0.25) is 0 Å². The summed E-state index contributed by atoms with van der Waals surface area (Å²) in [5, 5.41) is 0. The lowest BCUT2D eigenvalue weighted by molar-refractivity contribution is 0.637. The van der Waals surface area contributed by atoms with Crippen LogP contribution in [0.1, 0.15) is 44.1 Å². The summed E-state index contributed by atoms with van der Waals surface area (Å²) in [6, 6.07) is 0. The molecule has 0 bridgehead atoms. The van der Waals surface area contributed by atoms with Gasteiger partial charge in [-0.2, -0.15) is 0 Å². The first-order valence-electron chi connectivity index (χ1n) is 5.91. The molecule has 0 aliphatic heterocycles. The summed E-state index contributed by atoms with van der Waals surface area (Å²) in [5.41, 5.74) is 7.13. The molecule has 0 spiro atoms. The van der Waals surface area contributed by atoms with Crippen molar-refractivity contribution in [2.45, 2.75) is 45.6 Å². The summed E-state index contributed by atoms with van der Waals surface area (Å²) < 4.78 is 2.01. The van der Waals surface area contributed by atoms with Gasteiger partial charge in [-0.05, 0) is 25.2 Å². The highest BCUT2D eigenvalue weighted by atomic mass is 15.1. The van der Waals surface area contributed by atoms with Crippen molar-refractivity contribution in [3.8, 4) is 12.3 Å². The van der Waals surface area contributed by atoms with Crippen LogP contribution in [0, 0.1) is 18.3 Å². The normalized spacial score (nSPS) is 15.4. The van der Waals surface area contributed by atoms with Crippen molar-refractivity contribution in [2.75, 3.05) is 5.73 Å². The minimum atomic E-state index is 0.544. The Morgan fingerprint density at radius 1 is 1.56 bits per heavy atom. The summed E-state index contributed by atoms with van der Waals surface area (Å²) in [6.07, 6.45) is 8.76. The third-order valence-electron chi connectivity index (χ3n) is 2.91. The predicted octanol–water partition coefficient (Wildman–Crippen LogP) is 2.17. The number of hydrogen-bond donors (Lipinski definition) is 1. The summed E-state index contributed by atoms with van der Waals surface area (Å²) >= 11 is 0. The van der Waals surface area contributed by atoms with Gasteiger partial charge in [-0.1, -0.05) is 19.8 Å². The molecule has 0 aromatic carbocycles. The van der Waals surface area contributed by atoms with Crippen LogP contribution in [0.15, 0.2) is 0 Å². The molecular weight excluding hydrogens is 198 g/mol. The van der Waals surface area contributed by atoms with Crippen molar-refractivity contribution in [1.29, 1.82) is 0 Å². The number of aromatic nitrogens is 2. The maximum Gasteiger partial charge on any atom is 0.127 e. The van der Waals surface area contributed by atoms with E-state index in [2.05, 4.69) is 24.8 Å². The summed E-state index contributed by atoms with van der Waals surface area (Å²) in [6.45, 7) is 4.90.